The van der Waals surface area contributed by atoms with Crippen molar-refractivity contribution in [2.24, 2.45) is 0 Å². The van der Waals surface area contributed by atoms with Crippen LogP contribution in [0.5, 0.6) is 5.88 Å². The summed E-state index contributed by atoms with van der Waals surface area (Å²) < 4.78 is 13.2. The maximum absolute atomic E-state index is 5.62. The zero-order valence-electron chi connectivity index (χ0n) is 11.2. The number of nitrogens with zero attached hydrogens (tertiary/aromatic N) is 3. The molecule has 3 aromatic rings. The average molecular weight is 290 g/mol. The standard InChI is InChI=1S/C13H14N4O2S/c1-3-8-6-14-11(19-8)7-17-12-9(15-13(17)20)4-5-10(16-12)18-2/h4-6H,3,7H2,1-2H3,(H,15,20). The van der Waals surface area contributed by atoms with Gasteiger partial charge in [-0.25, -0.2) is 4.98 Å². The molecular formula is C13H14N4O2S. The van der Waals surface area contributed by atoms with Gasteiger partial charge in [0.15, 0.2) is 10.4 Å². The van der Waals surface area contributed by atoms with Crippen LogP contribution in [0.15, 0.2) is 22.7 Å². The summed E-state index contributed by atoms with van der Waals surface area (Å²) >= 11 is 5.32. The molecule has 0 saturated carbocycles. The van der Waals surface area contributed by atoms with Crippen molar-refractivity contribution in [2.75, 3.05) is 7.11 Å². The summed E-state index contributed by atoms with van der Waals surface area (Å²) in [5.41, 5.74) is 1.59. The van der Waals surface area contributed by atoms with Crippen LogP contribution in [0.2, 0.25) is 0 Å². The van der Waals surface area contributed by atoms with Crippen LogP contribution in [-0.4, -0.2) is 26.6 Å². The molecule has 0 atom stereocenters. The second-order valence-corrected chi connectivity index (χ2v) is 4.70. The molecule has 0 spiro atoms. The quantitative estimate of drug-likeness (QED) is 0.748. The Morgan fingerprint density at radius 3 is 3.00 bits per heavy atom. The van der Waals surface area contributed by atoms with Crippen molar-refractivity contribution in [3.05, 3.63) is 34.8 Å². The normalized spacial score (nSPS) is 11.1. The van der Waals surface area contributed by atoms with Crippen LogP contribution in [0, 0.1) is 4.77 Å². The number of oxazole rings is 1. The van der Waals surface area contributed by atoms with Crippen molar-refractivity contribution >= 4 is 23.4 Å². The van der Waals surface area contributed by atoms with Crippen LogP contribution >= 0.6 is 12.2 Å². The smallest absolute Gasteiger partial charge is 0.215 e. The van der Waals surface area contributed by atoms with E-state index < -0.39 is 0 Å². The van der Waals surface area contributed by atoms with Crippen LogP contribution in [0.4, 0.5) is 0 Å². The van der Waals surface area contributed by atoms with Gasteiger partial charge in [-0.1, -0.05) is 6.92 Å². The first-order valence-electron chi connectivity index (χ1n) is 6.28. The number of ether oxygens (including phenoxy) is 1. The average Bonchev–Trinajstić information content (AvgIpc) is 3.04. The Balaban J connectivity index is 2.05. The minimum absolute atomic E-state index is 0.443. The number of pyridine rings is 1. The van der Waals surface area contributed by atoms with Gasteiger partial charge in [0.2, 0.25) is 11.8 Å². The van der Waals surface area contributed by atoms with Crippen LogP contribution in [0.25, 0.3) is 11.2 Å². The minimum atomic E-state index is 0.443. The molecule has 20 heavy (non-hydrogen) atoms. The molecule has 0 amide bonds. The van der Waals surface area contributed by atoms with Crippen molar-refractivity contribution in [3.8, 4) is 5.88 Å². The Morgan fingerprint density at radius 1 is 1.45 bits per heavy atom. The second-order valence-electron chi connectivity index (χ2n) is 4.31. The largest absolute Gasteiger partial charge is 0.481 e. The van der Waals surface area contributed by atoms with Crippen LogP contribution in [0.1, 0.15) is 18.6 Å². The van der Waals surface area contributed by atoms with Crippen molar-refractivity contribution in [3.63, 3.8) is 0 Å². The summed E-state index contributed by atoms with van der Waals surface area (Å²) in [6.45, 7) is 2.47. The van der Waals surface area contributed by atoms with Gasteiger partial charge >= 0.3 is 0 Å². The summed E-state index contributed by atoms with van der Waals surface area (Å²) in [4.78, 5) is 11.8. The Bertz CT molecular complexity index is 802. The summed E-state index contributed by atoms with van der Waals surface area (Å²) in [6, 6.07) is 3.68. The minimum Gasteiger partial charge on any atom is -0.481 e. The summed E-state index contributed by atoms with van der Waals surface area (Å²) in [5.74, 6) is 2.02. The number of methoxy groups -OCH3 is 1. The van der Waals surface area contributed by atoms with E-state index in [4.69, 9.17) is 21.4 Å². The highest BCUT2D eigenvalue weighted by Gasteiger charge is 2.11. The van der Waals surface area contributed by atoms with Gasteiger partial charge in [-0.15, -0.1) is 0 Å². The van der Waals surface area contributed by atoms with E-state index in [0.717, 1.165) is 23.3 Å². The predicted molar refractivity (Wildman–Crippen MR) is 76.5 cm³/mol. The number of aromatic nitrogens is 4. The zero-order valence-corrected chi connectivity index (χ0v) is 12.0. The molecule has 7 heteroatoms. The lowest BCUT2D eigenvalue weighted by molar-refractivity contribution is 0.398. The van der Waals surface area contributed by atoms with Gasteiger partial charge in [-0.05, 0) is 18.3 Å². The molecule has 6 nitrogen and oxygen atoms in total. The third-order valence-corrected chi connectivity index (χ3v) is 3.37. The highest BCUT2D eigenvalue weighted by Crippen LogP contribution is 2.18. The van der Waals surface area contributed by atoms with Crippen LogP contribution < -0.4 is 4.74 Å². The number of nitrogens with one attached hydrogen (secondary N) is 1. The van der Waals surface area contributed by atoms with Gasteiger partial charge < -0.3 is 14.1 Å². The van der Waals surface area contributed by atoms with Crippen molar-refractivity contribution in [2.45, 2.75) is 19.9 Å². The second kappa shape index (κ2) is 5.09. The molecule has 0 aliphatic heterocycles. The maximum atomic E-state index is 5.62. The molecule has 0 unspecified atom stereocenters. The fraction of sp³-hybridized carbons (Fsp3) is 0.308. The first kappa shape index (κ1) is 12.9. The Labute approximate surface area is 120 Å². The molecule has 0 aromatic carbocycles. The van der Waals surface area contributed by atoms with Gasteiger partial charge in [-0.2, -0.15) is 4.98 Å². The number of imidazole rings is 1. The molecule has 0 bridgehead atoms. The summed E-state index contributed by atoms with van der Waals surface area (Å²) in [5, 5.41) is 0. The van der Waals surface area contributed by atoms with Gasteiger partial charge in [0.05, 0.1) is 18.8 Å². The Morgan fingerprint density at radius 2 is 2.30 bits per heavy atom. The van der Waals surface area contributed by atoms with E-state index >= 15 is 0 Å². The first-order chi connectivity index (χ1) is 9.71. The van der Waals surface area contributed by atoms with E-state index in [9.17, 15) is 0 Å². The van der Waals surface area contributed by atoms with E-state index in [0.29, 0.717) is 23.1 Å². The molecule has 0 fully saturated rings. The van der Waals surface area contributed by atoms with Crippen molar-refractivity contribution < 1.29 is 9.15 Å². The van der Waals surface area contributed by atoms with Gasteiger partial charge in [-0.3, -0.25) is 4.57 Å². The Kier molecular flexibility index (Phi) is 3.27. The molecule has 0 aliphatic carbocycles. The zero-order chi connectivity index (χ0) is 14.1. The van der Waals surface area contributed by atoms with Crippen molar-refractivity contribution in [1.29, 1.82) is 0 Å². The van der Waals surface area contributed by atoms with Gasteiger partial charge in [0.1, 0.15) is 12.3 Å². The third-order valence-electron chi connectivity index (χ3n) is 3.04. The molecule has 104 valence electrons. The molecule has 0 aliphatic rings. The van der Waals surface area contributed by atoms with E-state index in [2.05, 4.69) is 15.0 Å². The SMILES string of the molecule is CCc1cnc(Cn2c(=S)[nH]c3ccc(OC)nc32)o1. The van der Waals surface area contributed by atoms with Crippen molar-refractivity contribution in [1.82, 2.24) is 19.5 Å². The topological polar surface area (TPSA) is 68.9 Å². The van der Waals surface area contributed by atoms with Gasteiger partial charge in [0, 0.05) is 12.5 Å². The number of hydrogen-bond acceptors (Lipinski definition) is 5. The number of hydrogen-bond donors (Lipinski definition) is 1. The molecule has 0 radical (unpaired) electrons. The van der Waals surface area contributed by atoms with E-state index in [-0.39, 0.29) is 0 Å². The fourth-order valence-corrected chi connectivity index (χ4v) is 2.25. The monoisotopic (exact) mass is 290 g/mol. The number of rotatable bonds is 4. The lowest BCUT2D eigenvalue weighted by atomic mass is 10.4. The molecule has 3 rings (SSSR count). The summed E-state index contributed by atoms with van der Waals surface area (Å²) in [7, 11) is 1.58. The third kappa shape index (κ3) is 2.20. The number of fused-ring (bicyclic) bond motifs is 1. The lowest BCUT2D eigenvalue weighted by Gasteiger charge is -2.02. The predicted octanol–water partition coefficient (Wildman–Crippen LogP) is 2.70. The summed E-state index contributed by atoms with van der Waals surface area (Å²) in [6.07, 6.45) is 2.56. The molecule has 1 N–H and O–H groups in total. The molecular weight excluding hydrogens is 276 g/mol. The number of H-pyrrole nitrogens is 1. The Hall–Kier alpha value is -2.15. The highest BCUT2D eigenvalue weighted by molar-refractivity contribution is 7.71. The van der Waals surface area contributed by atoms with Crippen LogP contribution in [-0.2, 0) is 13.0 Å². The number of aryl methyl sites for hydroxylation is 1. The maximum Gasteiger partial charge on any atom is 0.215 e. The highest BCUT2D eigenvalue weighted by atomic mass is 32.1. The molecule has 0 saturated heterocycles. The fourth-order valence-electron chi connectivity index (χ4n) is 1.99. The van der Waals surface area contributed by atoms with E-state index in [1.165, 1.54) is 0 Å². The van der Waals surface area contributed by atoms with E-state index in [1.807, 2.05) is 17.6 Å². The number of aromatic amines is 1. The molecule has 3 aromatic heterocycles. The van der Waals surface area contributed by atoms with Gasteiger partial charge in [0.25, 0.3) is 0 Å². The lowest BCUT2D eigenvalue weighted by Crippen LogP contribution is -2.01. The van der Waals surface area contributed by atoms with E-state index in [1.54, 1.807) is 19.4 Å². The molecule has 3 heterocycles. The first-order valence-corrected chi connectivity index (χ1v) is 6.69. The van der Waals surface area contributed by atoms with Crippen LogP contribution in [0.3, 0.4) is 0 Å².